The van der Waals surface area contributed by atoms with Gasteiger partial charge in [-0.1, -0.05) is 48.9 Å². The molecule has 0 aliphatic heterocycles. The molecule has 0 fully saturated rings. The number of non-ortho nitro benzene ring substituents is 1. The number of carbonyl (C=O) groups is 1. The number of ether oxygens (including phenoxy) is 1. The van der Waals surface area contributed by atoms with Crippen molar-refractivity contribution in [2.75, 3.05) is 21.2 Å². The SMILES string of the molecule is COc1c(C=Cc2ccc([N+](=O)[O-])cc2C(=O)N(C)C)cc(Br)cc1C(C)(C)C. The fourth-order valence-electron chi connectivity index (χ4n) is 2.93. The zero-order chi connectivity index (χ0) is 21.9. The number of halogens is 1. The van der Waals surface area contributed by atoms with Gasteiger partial charge in [0.2, 0.25) is 0 Å². The summed E-state index contributed by atoms with van der Waals surface area (Å²) in [5, 5.41) is 11.1. The Balaban J connectivity index is 2.61. The summed E-state index contributed by atoms with van der Waals surface area (Å²) in [5.74, 6) is 0.448. The summed E-state index contributed by atoms with van der Waals surface area (Å²) in [6, 6.07) is 8.25. The lowest BCUT2D eigenvalue weighted by atomic mass is 9.85. The molecule has 2 rings (SSSR count). The van der Waals surface area contributed by atoms with E-state index >= 15 is 0 Å². The fraction of sp³-hybridized carbons (Fsp3) is 0.318. The van der Waals surface area contributed by atoms with Crippen molar-refractivity contribution in [1.29, 1.82) is 0 Å². The Bertz CT molecular complexity index is 976. The van der Waals surface area contributed by atoms with Crippen LogP contribution in [0.1, 0.15) is 47.8 Å². The predicted molar refractivity (Wildman–Crippen MR) is 119 cm³/mol. The minimum absolute atomic E-state index is 0.123. The Kier molecular flexibility index (Phi) is 6.85. The van der Waals surface area contributed by atoms with Gasteiger partial charge in [-0.3, -0.25) is 14.9 Å². The van der Waals surface area contributed by atoms with Crippen LogP contribution in [0, 0.1) is 10.1 Å². The van der Waals surface area contributed by atoms with Gasteiger partial charge in [-0.2, -0.15) is 0 Å². The number of benzene rings is 2. The molecule has 2 aromatic carbocycles. The highest BCUT2D eigenvalue weighted by Crippen LogP contribution is 2.37. The van der Waals surface area contributed by atoms with Gasteiger partial charge in [0, 0.05) is 41.8 Å². The number of hydrogen-bond donors (Lipinski definition) is 0. The largest absolute Gasteiger partial charge is 0.496 e. The second kappa shape index (κ2) is 8.78. The Labute approximate surface area is 179 Å². The molecule has 0 radical (unpaired) electrons. The minimum Gasteiger partial charge on any atom is -0.496 e. The minimum atomic E-state index is -0.507. The van der Waals surface area contributed by atoms with Crippen LogP contribution in [0.2, 0.25) is 0 Å². The molecule has 0 N–H and O–H groups in total. The van der Waals surface area contributed by atoms with Gasteiger partial charge in [-0.15, -0.1) is 0 Å². The predicted octanol–water partition coefficient (Wildman–Crippen LogP) is 5.54. The summed E-state index contributed by atoms with van der Waals surface area (Å²) in [6.07, 6.45) is 3.63. The number of carbonyl (C=O) groups excluding carboxylic acids is 1. The Morgan fingerprint density at radius 3 is 2.28 bits per heavy atom. The number of methoxy groups -OCH3 is 1. The molecule has 0 unspecified atom stereocenters. The van der Waals surface area contributed by atoms with Gasteiger partial charge in [0.1, 0.15) is 5.75 Å². The van der Waals surface area contributed by atoms with Crippen LogP contribution < -0.4 is 4.74 Å². The number of nitro benzene ring substituents is 1. The monoisotopic (exact) mass is 460 g/mol. The zero-order valence-corrected chi connectivity index (χ0v) is 19.0. The molecule has 0 atom stereocenters. The molecule has 1 amide bonds. The molecule has 0 saturated carbocycles. The van der Waals surface area contributed by atoms with Gasteiger partial charge in [0.05, 0.1) is 17.6 Å². The summed E-state index contributed by atoms with van der Waals surface area (Å²) in [6.45, 7) is 6.32. The maximum absolute atomic E-state index is 12.6. The molecule has 0 heterocycles. The van der Waals surface area contributed by atoms with Crippen molar-refractivity contribution in [3.8, 4) is 5.75 Å². The quantitative estimate of drug-likeness (QED) is 0.333. The molecule has 0 aliphatic rings. The lowest BCUT2D eigenvalue weighted by Crippen LogP contribution is -2.22. The number of hydrogen-bond acceptors (Lipinski definition) is 4. The first-order valence-electron chi connectivity index (χ1n) is 9.02. The van der Waals surface area contributed by atoms with Crippen LogP contribution in [0.5, 0.6) is 5.75 Å². The van der Waals surface area contributed by atoms with Gasteiger partial charge in [-0.05, 0) is 29.2 Å². The molecule has 29 heavy (non-hydrogen) atoms. The number of nitrogens with zero attached hydrogens (tertiary/aromatic N) is 2. The first-order valence-corrected chi connectivity index (χ1v) is 9.81. The average molecular weight is 461 g/mol. The summed E-state index contributed by atoms with van der Waals surface area (Å²) in [4.78, 5) is 24.6. The standard InChI is InChI=1S/C22H25BrN2O4/c1-22(2,3)19-12-16(23)11-15(20(19)29-6)8-7-14-9-10-17(25(27)28)13-18(14)21(26)24(4)5/h7-13H,1-6H3. The van der Waals surface area contributed by atoms with Crippen molar-refractivity contribution in [3.05, 3.63) is 67.2 Å². The second-order valence-corrected chi connectivity index (χ2v) is 8.80. The highest BCUT2D eigenvalue weighted by molar-refractivity contribution is 9.10. The number of amides is 1. The third-order valence-corrected chi connectivity index (χ3v) is 4.88. The van der Waals surface area contributed by atoms with Crippen LogP contribution in [-0.2, 0) is 5.41 Å². The maximum Gasteiger partial charge on any atom is 0.270 e. The maximum atomic E-state index is 12.6. The van der Waals surface area contributed by atoms with Crippen molar-refractivity contribution in [2.45, 2.75) is 26.2 Å². The Morgan fingerprint density at radius 2 is 1.76 bits per heavy atom. The van der Waals surface area contributed by atoms with E-state index in [1.54, 1.807) is 33.3 Å². The molecule has 0 bridgehead atoms. The van der Waals surface area contributed by atoms with Crippen LogP contribution in [0.15, 0.2) is 34.8 Å². The van der Waals surface area contributed by atoms with E-state index in [-0.39, 0.29) is 22.6 Å². The molecule has 0 saturated heterocycles. The molecule has 7 heteroatoms. The molecule has 154 valence electrons. The van der Waals surface area contributed by atoms with Crippen molar-refractivity contribution >= 4 is 39.7 Å². The molecule has 0 aliphatic carbocycles. The van der Waals surface area contributed by atoms with Gasteiger partial charge in [-0.25, -0.2) is 0 Å². The molecular weight excluding hydrogens is 436 g/mol. The van der Waals surface area contributed by atoms with Crippen LogP contribution in [0.4, 0.5) is 5.69 Å². The third kappa shape index (κ3) is 5.23. The van der Waals surface area contributed by atoms with Crippen molar-refractivity contribution in [1.82, 2.24) is 4.90 Å². The molecule has 6 nitrogen and oxygen atoms in total. The van der Waals surface area contributed by atoms with Gasteiger partial charge in [0.25, 0.3) is 11.6 Å². The molecular formula is C22H25BrN2O4. The molecule has 2 aromatic rings. The second-order valence-electron chi connectivity index (χ2n) is 7.89. The lowest BCUT2D eigenvalue weighted by Gasteiger charge is -2.24. The highest BCUT2D eigenvalue weighted by atomic mass is 79.9. The zero-order valence-electron chi connectivity index (χ0n) is 17.4. The van der Waals surface area contributed by atoms with Crippen LogP contribution in [-0.4, -0.2) is 36.9 Å². The van der Waals surface area contributed by atoms with Gasteiger partial charge >= 0.3 is 0 Å². The smallest absolute Gasteiger partial charge is 0.270 e. The normalized spacial score (nSPS) is 11.6. The Morgan fingerprint density at radius 1 is 1.14 bits per heavy atom. The van der Waals surface area contributed by atoms with E-state index in [4.69, 9.17) is 4.74 Å². The summed E-state index contributed by atoms with van der Waals surface area (Å²) < 4.78 is 6.59. The average Bonchev–Trinajstić information content (AvgIpc) is 2.64. The van der Waals surface area contributed by atoms with Crippen LogP contribution >= 0.6 is 15.9 Å². The third-order valence-electron chi connectivity index (χ3n) is 4.42. The first-order chi connectivity index (χ1) is 13.5. The van der Waals surface area contributed by atoms with Crippen LogP contribution in [0.3, 0.4) is 0 Å². The first kappa shape index (κ1) is 22.6. The fourth-order valence-corrected chi connectivity index (χ4v) is 3.41. The van der Waals surface area contributed by atoms with Crippen molar-refractivity contribution in [2.24, 2.45) is 0 Å². The summed E-state index contributed by atoms with van der Waals surface area (Å²) in [7, 11) is 4.85. The number of nitro groups is 1. The summed E-state index contributed by atoms with van der Waals surface area (Å²) >= 11 is 3.55. The highest BCUT2D eigenvalue weighted by Gasteiger charge is 2.22. The van der Waals surface area contributed by atoms with E-state index in [1.165, 1.54) is 17.0 Å². The van der Waals surface area contributed by atoms with Crippen molar-refractivity contribution in [3.63, 3.8) is 0 Å². The van der Waals surface area contributed by atoms with E-state index in [1.807, 2.05) is 18.2 Å². The van der Waals surface area contributed by atoms with E-state index in [9.17, 15) is 14.9 Å². The van der Waals surface area contributed by atoms with E-state index in [0.29, 0.717) is 5.56 Å². The van der Waals surface area contributed by atoms with Crippen LogP contribution in [0.25, 0.3) is 12.2 Å². The van der Waals surface area contributed by atoms with Gasteiger partial charge < -0.3 is 9.64 Å². The Hall–Kier alpha value is -2.67. The van der Waals surface area contributed by atoms with E-state index < -0.39 is 4.92 Å². The van der Waals surface area contributed by atoms with E-state index in [0.717, 1.165) is 21.3 Å². The number of rotatable bonds is 5. The van der Waals surface area contributed by atoms with Crippen molar-refractivity contribution < 1.29 is 14.5 Å². The lowest BCUT2D eigenvalue weighted by molar-refractivity contribution is -0.384. The molecule has 0 spiro atoms. The van der Waals surface area contributed by atoms with Gasteiger partial charge in [0.15, 0.2) is 0 Å². The molecule has 0 aromatic heterocycles. The van der Waals surface area contributed by atoms with E-state index in [2.05, 4.69) is 36.7 Å². The topological polar surface area (TPSA) is 72.7 Å². The summed E-state index contributed by atoms with van der Waals surface area (Å²) in [5.41, 5.74) is 2.49.